The van der Waals surface area contributed by atoms with Crippen LogP contribution in [0.4, 0.5) is 0 Å². The van der Waals surface area contributed by atoms with E-state index in [0.29, 0.717) is 19.3 Å². The maximum absolute atomic E-state index is 12.9. The van der Waals surface area contributed by atoms with E-state index < -0.39 is 11.8 Å². The molecule has 2 atom stereocenters. The second-order valence-corrected chi connectivity index (χ2v) is 14.0. The summed E-state index contributed by atoms with van der Waals surface area (Å²) in [5.41, 5.74) is 0. The van der Waals surface area contributed by atoms with Gasteiger partial charge in [-0.05, 0) is 12.8 Å². The largest absolute Gasteiger partial charge is 0.300 e. The maximum Gasteiger partial charge on any atom is 0.137 e. The molecule has 0 radical (unpaired) electrons. The molecule has 0 amide bonds. The Bertz CT molecular complexity index is 1270. The number of rotatable bonds is 0. The molecule has 2 aliphatic carbocycles. The van der Waals surface area contributed by atoms with Crippen LogP contribution in [0, 0.1) is 11.8 Å². The fraction of sp³-hybridized carbons (Fsp3) is 0.692. The predicted molar refractivity (Wildman–Crippen MR) is 182 cm³/mol. The molecule has 0 aliphatic heterocycles. The lowest BCUT2D eigenvalue weighted by Gasteiger charge is -2.17. The van der Waals surface area contributed by atoms with Gasteiger partial charge in [-0.1, -0.05) is 6.42 Å². The zero-order valence-corrected chi connectivity index (χ0v) is 29.7. The molecular weight excluding hydrogens is 660 g/mol. The Labute approximate surface area is 299 Å². The lowest BCUT2D eigenvalue weighted by molar-refractivity contribution is -0.133. The van der Waals surface area contributed by atoms with Gasteiger partial charge in [0.1, 0.15) is 69.4 Å². The third-order valence-corrected chi connectivity index (χ3v) is 9.79. The van der Waals surface area contributed by atoms with Crippen molar-refractivity contribution in [3.8, 4) is 0 Å². The molecule has 2 saturated carbocycles. The summed E-state index contributed by atoms with van der Waals surface area (Å²) in [7, 11) is 0. The fourth-order valence-electron chi connectivity index (χ4n) is 6.39. The van der Waals surface area contributed by atoms with Crippen molar-refractivity contribution in [1.29, 1.82) is 0 Å². The monoisotopic (exact) mass is 712 g/mol. The molecule has 0 bridgehead atoms. The summed E-state index contributed by atoms with van der Waals surface area (Å²) < 4.78 is 0. The Kier molecular flexibility index (Phi) is 19.9. The summed E-state index contributed by atoms with van der Waals surface area (Å²) in [6, 6.07) is 0. The third kappa shape index (κ3) is 18.7. The first kappa shape index (κ1) is 43.2. The summed E-state index contributed by atoms with van der Waals surface area (Å²) in [6.07, 6.45) is 0.265. The number of carbonyl (C=O) groups excluding carboxylic acids is 12. The molecule has 280 valence electrons. The quantitative estimate of drug-likeness (QED) is 0.331. The molecule has 51 heavy (non-hydrogen) atoms. The Morgan fingerprint density at radius 2 is 0.353 bits per heavy atom. The number of hydrogen-bond donors (Lipinski definition) is 0. The van der Waals surface area contributed by atoms with E-state index in [4.69, 9.17) is 0 Å². The lowest BCUT2D eigenvalue weighted by atomic mass is 9.84. The molecule has 0 spiro atoms. The highest BCUT2D eigenvalue weighted by Gasteiger charge is 2.37. The second-order valence-electron chi connectivity index (χ2n) is 14.0. The van der Waals surface area contributed by atoms with Crippen LogP contribution in [-0.2, 0) is 57.5 Å². The molecule has 12 nitrogen and oxygen atoms in total. The van der Waals surface area contributed by atoms with E-state index in [1.165, 1.54) is 0 Å². The summed E-state index contributed by atoms with van der Waals surface area (Å²) in [5.74, 6) is -4.23. The van der Waals surface area contributed by atoms with Crippen molar-refractivity contribution in [2.24, 2.45) is 11.8 Å². The fourth-order valence-corrected chi connectivity index (χ4v) is 6.39. The van der Waals surface area contributed by atoms with Crippen molar-refractivity contribution >= 4 is 69.4 Å². The van der Waals surface area contributed by atoms with Crippen LogP contribution in [0.25, 0.3) is 0 Å². The first-order chi connectivity index (χ1) is 24.2. The summed E-state index contributed by atoms with van der Waals surface area (Å²) in [6.45, 7) is 0. The zero-order chi connectivity index (χ0) is 37.8. The predicted octanol–water partition coefficient (Wildman–Crippen LogP) is 4.83. The Balaban J connectivity index is 1.91. The Hall–Kier alpha value is -3.96. The van der Waals surface area contributed by atoms with Crippen molar-refractivity contribution in [2.45, 2.75) is 161 Å². The molecule has 0 heterocycles. The van der Waals surface area contributed by atoms with Crippen LogP contribution in [0.1, 0.15) is 161 Å². The Morgan fingerprint density at radius 1 is 0.216 bits per heavy atom. The molecule has 0 aromatic rings. The number of fused-ring (bicyclic) bond motifs is 1. The molecule has 12 heteroatoms. The summed E-state index contributed by atoms with van der Waals surface area (Å²) >= 11 is 0. The van der Waals surface area contributed by atoms with Crippen LogP contribution >= 0.6 is 0 Å². The minimum Gasteiger partial charge on any atom is -0.300 e. The molecule has 2 aliphatic rings. The van der Waals surface area contributed by atoms with E-state index in [2.05, 4.69) is 0 Å². The molecular formula is C39H52O12. The third-order valence-electron chi connectivity index (χ3n) is 9.79. The molecule has 0 aromatic heterocycles. The smallest absolute Gasteiger partial charge is 0.137 e. The molecule has 0 saturated heterocycles. The number of carbonyl (C=O) groups is 12. The van der Waals surface area contributed by atoms with Crippen LogP contribution in [0.3, 0.4) is 0 Å². The van der Waals surface area contributed by atoms with Gasteiger partial charge in [0.2, 0.25) is 0 Å². The highest BCUT2D eigenvalue weighted by atomic mass is 16.2. The van der Waals surface area contributed by atoms with Crippen LogP contribution in [-0.4, -0.2) is 69.4 Å². The van der Waals surface area contributed by atoms with Crippen molar-refractivity contribution in [3.63, 3.8) is 0 Å². The Morgan fingerprint density at radius 3 is 0.510 bits per heavy atom. The van der Waals surface area contributed by atoms with E-state index in [-0.39, 0.29) is 211 Å². The van der Waals surface area contributed by atoms with Gasteiger partial charge in [-0.15, -0.1) is 0 Å². The van der Waals surface area contributed by atoms with E-state index in [1.54, 1.807) is 0 Å². The highest BCUT2D eigenvalue weighted by molar-refractivity contribution is 5.96. The van der Waals surface area contributed by atoms with Crippen molar-refractivity contribution < 1.29 is 57.5 Å². The van der Waals surface area contributed by atoms with Crippen molar-refractivity contribution in [3.05, 3.63) is 0 Å². The lowest BCUT2D eigenvalue weighted by Crippen LogP contribution is -2.26. The minimum atomic E-state index is -0.519. The van der Waals surface area contributed by atoms with Gasteiger partial charge in [-0.25, -0.2) is 0 Å². The van der Waals surface area contributed by atoms with Gasteiger partial charge >= 0.3 is 0 Å². The first-order valence-corrected chi connectivity index (χ1v) is 18.5. The van der Waals surface area contributed by atoms with E-state index in [0.717, 1.165) is 0 Å². The van der Waals surface area contributed by atoms with Crippen LogP contribution in [0.2, 0.25) is 0 Å². The van der Waals surface area contributed by atoms with Gasteiger partial charge in [0.15, 0.2) is 0 Å². The standard InChI is InChI=1S/C39H52O12/c40-26-4-5-27(41)7-9-29(43)11-13-31(45)15-17-33(47)19-21-35(49)23-25-39(51)37-3-1-2-36(37)38(50)24-22-34(48)20-18-32(46)16-14-30(44)12-10-28(42)8-6-26/h36-37H,1-25H2. The summed E-state index contributed by atoms with van der Waals surface area (Å²) in [4.78, 5) is 148. The number of Topliss-reactive ketones (excluding diaryl/α,β-unsaturated/α-hetero) is 12. The average molecular weight is 713 g/mol. The first-order valence-electron chi connectivity index (χ1n) is 18.5. The molecule has 0 N–H and O–H groups in total. The number of hydrogen-bond acceptors (Lipinski definition) is 12. The van der Waals surface area contributed by atoms with Crippen LogP contribution in [0.15, 0.2) is 0 Å². The molecule has 0 aromatic carbocycles. The topological polar surface area (TPSA) is 205 Å². The molecule has 2 fully saturated rings. The molecule has 2 rings (SSSR count). The van der Waals surface area contributed by atoms with Crippen molar-refractivity contribution in [1.82, 2.24) is 0 Å². The SMILES string of the molecule is O=C1CCC(=O)CCC(=O)CCC(=O)CCC(=O)CCC(=O)CCC(=O)C2CCCC2C(=O)CCC(=O)CCC(=O)CCC(=O)CCC(=O)CC1. The second kappa shape index (κ2) is 23.5. The van der Waals surface area contributed by atoms with Gasteiger partial charge < -0.3 is 0 Å². The van der Waals surface area contributed by atoms with E-state index in [9.17, 15) is 57.5 Å². The normalized spacial score (nSPS) is 24.9. The van der Waals surface area contributed by atoms with Gasteiger partial charge in [0, 0.05) is 153 Å². The number of ketones is 12. The van der Waals surface area contributed by atoms with Gasteiger partial charge in [-0.3, -0.25) is 57.5 Å². The van der Waals surface area contributed by atoms with Crippen LogP contribution < -0.4 is 0 Å². The summed E-state index contributed by atoms with van der Waals surface area (Å²) in [5, 5.41) is 0. The maximum atomic E-state index is 12.9. The highest BCUT2D eigenvalue weighted by Crippen LogP contribution is 2.35. The van der Waals surface area contributed by atoms with Gasteiger partial charge in [-0.2, -0.15) is 0 Å². The van der Waals surface area contributed by atoms with Crippen LogP contribution in [0.5, 0.6) is 0 Å². The van der Waals surface area contributed by atoms with Gasteiger partial charge in [0.05, 0.1) is 0 Å². The molecule has 2 unspecified atom stereocenters. The van der Waals surface area contributed by atoms with Crippen molar-refractivity contribution in [2.75, 3.05) is 0 Å². The minimum absolute atomic E-state index is 0.0441. The van der Waals surface area contributed by atoms with E-state index in [1.807, 2.05) is 0 Å². The zero-order valence-electron chi connectivity index (χ0n) is 29.7. The van der Waals surface area contributed by atoms with Gasteiger partial charge in [0.25, 0.3) is 0 Å². The average Bonchev–Trinajstić information content (AvgIpc) is 3.61. The van der Waals surface area contributed by atoms with E-state index >= 15 is 0 Å².